The second kappa shape index (κ2) is 16.5. The smallest absolute Gasteiger partial charge is 0.252 e. The Labute approximate surface area is 463 Å². The number of fused-ring (bicyclic) bond motifs is 10. The van der Waals surface area contributed by atoms with Crippen molar-refractivity contribution >= 4 is 106 Å². The van der Waals surface area contributed by atoms with Gasteiger partial charge in [-0.3, -0.25) is 0 Å². The SMILES string of the molecule is CC1(C)CCC(C)(C)c2cc(N3c4cc5c(cc4B4c6cc7c(cc6N(c6cccc8c6sc6ccccc68)c6cc(N(c8ccccc8)c8ccccc8)cc3c64)C(C)(C)CCC7(C)C)C(C)(C)CCC5(C)C)ccc21. The fourth-order valence-corrected chi connectivity index (χ4v) is 16.2. The number of benzene rings is 8. The van der Waals surface area contributed by atoms with Gasteiger partial charge < -0.3 is 14.7 Å². The molecule has 1 aromatic heterocycles. The van der Waals surface area contributed by atoms with Crippen molar-refractivity contribution in [2.24, 2.45) is 0 Å². The van der Waals surface area contributed by atoms with E-state index in [1.54, 1.807) is 0 Å². The molecule has 0 fully saturated rings. The number of nitrogens with zero attached hydrogens (tertiary/aromatic N) is 3. The highest BCUT2D eigenvalue weighted by Crippen LogP contribution is 2.56. The molecule has 0 radical (unpaired) electrons. The van der Waals surface area contributed by atoms with Gasteiger partial charge in [0.25, 0.3) is 6.71 Å². The van der Waals surface area contributed by atoms with Crippen LogP contribution in [-0.4, -0.2) is 6.71 Å². The second-order valence-corrected chi connectivity index (χ2v) is 28.8. The Hall–Kier alpha value is -6.56. The molecule has 0 saturated carbocycles. The summed E-state index contributed by atoms with van der Waals surface area (Å²) in [6.07, 6.45) is 6.97. The molecule has 0 N–H and O–H groups in total. The summed E-state index contributed by atoms with van der Waals surface area (Å²) in [5, 5.41) is 2.64. The van der Waals surface area contributed by atoms with Crippen LogP contribution in [0.4, 0.5) is 51.2 Å². The van der Waals surface area contributed by atoms with Crippen LogP contribution < -0.4 is 31.1 Å². The van der Waals surface area contributed by atoms with Crippen molar-refractivity contribution in [3.63, 3.8) is 0 Å². The van der Waals surface area contributed by atoms with Crippen LogP contribution in [-0.2, 0) is 32.5 Å². The summed E-state index contributed by atoms with van der Waals surface area (Å²) >= 11 is 1.94. The van der Waals surface area contributed by atoms with E-state index in [2.05, 4.69) is 256 Å². The maximum atomic E-state index is 2.74. The van der Waals surface area contributed by atoms with Crippen molar-refractivity contribution in [2.45, 2.75) is 154 Å². The van der Waals surface area contributed by atoms with Crippen molar-refractivity contribution in [2.75, 3.05) is 14.7 Å². The minimum atomic E-state index is -0.0275. The number of anilines is 9. The lowest BCUT2D eigenvalue weighted by molar-refractivity contribution is 0.332. The molecule has 14 rings (SSSR count). The number of hydrogen-bond donors (Lipinski definition) is 0. The predicted molar refractivity (Wildman–Crippen MR) is 334 cm³/mol. The maximum Gasteiger partial charge on any atom is 0.252 e. The lowest BCUT2D eigenvalue weighted by Gasteiger charge is -2.49. The lowest BCUT2D eigenvalue weighted by atomic mass is 9.32. The number of rotatable bonds is 5. The molecule has 3 aliphatic carbocycles. The standard InChI is InChI=1S/C72H74BN3S/c1-67(2)32-33-68(3,4)52-38-47(30-31-51(52)67)75-60-43-55-53(69(5,6)34-36-71(55,9)10)41-57(60)73-58-42-54-56(72(11,12)37-35-70(54,7)8)44-61(58)76(59-28-21-27-50-49-26-19-20-29-64(49)77-66(50)59)63-40-48(39-62(75)65(63)73)74(45-22-15-13-16-23-45)46-24-17-14-18-25-46/h13-31,38-44H,32-37H2,1-12H3. The van der Waals surface area contributed by atoms with Crippen LogP contribution in [0.2, 0.25) is 0 Å². The predicted octanol–water partition coefficient (Wildman–Crippen LogP) is 18.7. The second-order valence-electron chi connectivity index (χ2n) is 27.7. The number of thiophene rings is 1. The average Bonchev–Trinajstić information content (AvgIpc) is 3.90. The minimum Gasteiger partial charge on any atom is -0.311 e. The van der Waals surface area contributed by atoms with Gasteiger partial charge in [0.15, 0.2) is 0 Å². The van der Waals surface area contributed by atoms with E-state index in [-0.39, 0.29) is 39.2 Å². The van der Waals surface area contributed by atoms with E-state index in [0.717, 1.165) is 49.2 Å². The number of para-hydroxylation sites is 2. The summed E-state index contributed by atoms with van der Waals surface area (Å²) in [6, 6.07) is 61.9. The summed E-state index contributed by atoms with van der Waals surface area (Å²) in [5.74, 6) is 0. The van der Waals surface area contributed by atoms with Gasteiger partial charge in [-0.2, -0.15) is 0 Å². The van der Waals surface area contributed by atoms with Gasteiger partial charge in [0.05, 0.1) is 16.1 Å². The Balaban J connectivity index is 1.17. The first kappa shape index (κ1) is 48.8. The van der Waals surface area contributed by atoms with Gasteiger partial charge in [-0.05, 0) is 194 Å². The zero-order chi connectivity index (χ0) is 53.3. The topological polar surface area (TPSA) is 9.72 Å². The summed E-state index contributed by atoms with van der Waals surface area (Å²) in [6.45, 7) is 29.9. The van der Waals surface area contributed by atoms with Gasteiger partial charge in [0.2, 0.25) is 0 Å². The van der Waals surface area contributed by atoms with Crippen LogP contribution in [0.25, 0.3) is 20.2 Å². The summed E-state index contributed by atoms with van der Waals surface area (Å²) in [5.41, 5.74) is 24.4. The monoisotopic (exact) mass is 1020 g/mol. The van der Waals surface area contributed by atoms with E-state index in [0.29, 0.717) is 0 Å². The summed E-state index contributed by atoms with van der Waals surface area (Å²) < 4.78 is 2.64. The third kappa shape index (κ3) is 7.27. The molecule has 2 aliphatic heterocycles. The molecule has 0 amide bonds. The van der Waals surface area contributed by atoms with E-state index in [1.165, 1.54) is 110 Å². The van der Waals surface area contributed by atoms with Gasteiger partial charge >= 0.3 is 0 Å². The zero-order valence-electron chi connectivity index (χ0n) is 47.6. The summed E-state index contributed by atoms with van der Waals surface area (Å²) in [7, 11) is 0. The molecule has 5 aliphatic rings. The van der Waals surface area contributed by atoms with E-state index in [1.807, 2.05) is 11.3 Å². The normalized spacial score (nSPS) is 19.4. The van der Waals surface area contributed by atoms with Crippen molar-refractivity contribution in [3.8, 4) is 0 Å². The van der Waals surface area contributed by atoms with Crippen LogP contribution in [0.1, 0.15) is 155 Å². The molecule has 8 aromatic carbocycles. The Morgan fingerprint density at radius 2 is 0.805 bits per heavy atom. The first-order chi connectivity index (χ1) is 36.6. The molecule has 0 saturated heterocycles. The van der Waals surface area contributed by atoms with Crippen LogP contribution in [0.5, 0.6) is 0 Å². The fourth-order valence-electron chi connectivity index (χ4n) is 15.0. The van der Waals surface area contributed by atoms with Gasteiger partial charge in [-0.1, -0.05) is 168 Å². The molecular weight excluding hydrogens is 950 g/mol. The molecule has 386 valence electrons. The van der Waals surface area contributed by atoms with Crippen molar-refractivity contribution in [1.82, 2.24) is 0 Å². The van der Waals surface area contributed by atoms with E-state index in [9.17, 15) is 0 Å². The minimum absolute atomic E-state index is 0.00458. The molecule has 0 spiro atoms. The Morgan fingerprint density at radius 3 is 1.35 bits per heavy atom. The quantitative estimate of drug-likeness (QED) is 0.159. The van der Waals surface area contributed by atoms with E-state index in [4.69, 9.17) is 0 Å². The largest absolute Gasteiger partial charge is 0.311 e. The first-order valence-corrected chi connectivity index (χ1v) is 29.6. The third-order valence-electron chi connectivity index (χ3n) is 20.0. The van der Waals surface area contributed by atoms with E-state index >= 15 is 0 Å². The van der Waals surface area contributed by atoms with Crippen LogP contribution >= 0.6 is 11.3 Å². The van der Waals surface area contributed by atoms with Crippen LogP contribution in [0.3, 0.4) is 0 Å². The molecule has 0 bridgehead atoms. The van der Waals surface area contributed by atoms with Crippen molar-refractivity contribution < 1.29 is 0 Å². The Bertz CT molecular complexity index is 3870. The van der Waals surface area contributed by atoms with Crippen LogP contribution in [0, 0.1) is 0 Å². The maximum absolute atomic E-state index is 2.74. The molecule has 3 heterocycles. The molecule has 5 heteroatoms. The van der Waals surface area contributed by atoms with E-state index < -0.39 is 0 Å². The van der Waals surface area contributed by atoms with Crippen molar-refractivity contribution in [1.29, 1.82) is 0 Å². The molecule has 0 atom stereocenters. The molecular formula is C72H74BN3S. The third-order valence-corrected chi connectivity index (χ3v) is 21.2. The van der Waals surface area contributed by atoms with Gasteiger partial charge in [-0.25, -0.2) is 0 Å². The zero-order valence-corrected chi connectivity index (χ0v) is 48.4. The molecule has 0 unspecified atom stereocenters. The molecule has 3 nitrogen and oxygen atoms in total. The Morgan fingerprint density at radius 1 is 0.364 bits per heavy atom. The highest BCUT2D eigenvalue weighted by molar-refractivity contribution is 7.26. The van der Waals surface area contributed by atoms with Crippen molar-refractivity contribution in [3.05, 3.63) is 191 Å². The lowest BCUT2D eigenvalue weighted by Crippen LogP contribution is -2.62. The highest BCUT2D eigenvalue weighted by atomic mass is 32.1. The fraction of sp³-hybridized carbons (Fsp3) is 0.333. The molecule has 77 heavy (non-hydrogen) atoms. The first-order valence-electron chi connectivity index (χ1n) is 28.8. The van der Waals surface area contributed by atoms with Crippen LogP contribution in [0.15, 0.2) is 158 Å². The summed E-state index contributed by atoms with van der Waals surface area (Å²) in [4.78, 5) is 7.99. The Kier molecular flexibility index (Phi) is 10.5. The van der Waals surface area contributed by atoms with Gasteiger partial charge in [0, 0.05) is 55.3 Å². The average molecular weight is 1020 g/mol. The van der Waals surface area contributed by atoms with Gasteiger partial charge in [-0.15, -0.1) is 11.3 Å². The molecule has 9 aromatic rings. The highest BCUT2D eigenvalue weighted by Gasteiger charge is 2.50. The number of hydrogen-bond acceptors (Lipinski definition) is 4. The van der Waals surface area contributed by atoms with Gasteiger partial charge in [0.1, 0.15) is 0 Å².